The van der Waals surface area contributed by atoms with Crippen molar-refractivity contribution in [1.29, 1.82) is 0 Å². The van der Waals surface area contributed by atoms with Crippen molar-refractivity contribution in [2.45, 2.75) is 12.2 Å². The van der Waals surface area contributed by atoms with Gasteiger partial charge in [-0.1, -0.05) is 6.07 Å². The second kappa shape index (κ2) is 5.23. The molecule has 2 atom stereocenters. The first kappa shape index (κ1) is 12.9. The van der Waals surface area contributed by atoms with Gasteiger partial charge in [-0.15, -0.1) is 11.3 Å². The van der Waals surface area contributed by atoms with Crippen LogP contribution in [0.4, 0.5) is 0 Å². The Labute approximate surface area is 96.9 Å². The predicted octanol–water partition coefficient (Wildman–Crippen LogP) is 1.60. The summed E-state index contributed by atoms with van der Waals surface area (Å²) in [6.45, 7) is 1.87. The molecule has 6 heteroatoms. The van der Waals surface area contributed by atoms with E-state index in [0.717, 1.165) is 4.88 Å². The van der Waals surface area contributed by atoms with E-state index in [0.29, 0.717) is 0 Å². The normalized spacial score (nSPS) is 16.1. The summed E-state index contributed by atoms with van der Waals surface area (Å²) < 4.78 is 33.6. The molecule has 3 nitrogen and oxygen atoms in total. The van der Waals surface area contributed by atoms with Crippen LogP contribution in [0.2, 0.25) is 0 Å². The summed E-state index contributed by atoms with van der Waals surface area (Å²) in [7, 11) is -4.12. The van der Waals surface area contributed by atoms with E-state index in [1.165, 1.54) is 6.26 Å². The van der Waals surface area contributed by atoms with Gasteiger partial charge in [0, 0.05) is 27.7 Å². The molecule has 0 N–H and O–H groups in total. The van der Waals surface area contributed by atoms with Crippen LogP contribution in [0.25, 0.3) is 0 Å². The second-order valence-corrected chi connectivity index (χ2v) is 8.49. The van der Waals surface area contributed by atoms with Gasteiger partial charge in [-0.3, -0.25) is 4.21 Å². The number of rotatable bonds is 5. The number of sulfone groups is 1. The summed E-state index contributed by atoms with van der Waals surface area (Å²) in [5.74, 6) is 0.216. The molecular weight excluding hydrogens is 252 g/mol. The molecule has 0 unspecified atom stereocenters. The van der Waals surface area contributed by atoms with Crippen LogP contribution in [0, 0.1) is 0 Å². The lowest BCUT2D eigenvalue weighted by atomic mass is 10.4. The van der Waals surface area contributed by atoms with Crippen molar-refractivity contribution in [3.05, 3.63) is 22.4 Å². The van der Waals surface area contributed by atoms with Gasteiger partial charge in [0.1, 0.15) is 9.84 Å². The molecule has 1 heterocycles. The zero-order chi connectivity index (χ0) is 11.5. The summed E-state index contributed by atoms with van der Waals surface area (Å²) in [6.07, 6.45) is 1.17. The number of hydrogen-bond acceptors (Lipinski definition) is 4. The molecule has 0 bridgehead atoms. The van der Waals surface area contributed by atoms with Gasteiger partial charge in [0.25, 0.3) is 0 Å². The van der Waals surface area contributed by atoms with Crippen LogP contribution < -0.4 is 0 Å². The molecule has 0 aromatic carbocycles. The molecule has 0 aliphatic carbocycles. The Bertz CT molecular complexity index is 419. The van der Waals surface area contributed by atoms with Gasteiger partial charge >= 0.3 is 0 Å². The zero-order valence-electron chi connectivity index (χ0n) is 8.67. The van der Waals surface area contributed by atoms with Crippen LogP contribution in [-0.2, 0) is 20.6 Å². The molecule has 0 radical (unpaired) electrons. The van der Waals surface area contributed by atoms with Crippen LogP contribution in [0.5, 0.6) is 0 Å². The molecule has 1 aromatic heterocycles. The fraction of sp³-hybridized carbons (Fsp3) is 0.556. The number of hydrogen-bond donors (Lipinski definition) is 0. The number of thiophene rings is 1. The molecule has 0 spiro atoms. The quantitative estimate of drug-likeness (QED) is 0.813. The molecule has 0 aliphatic rings. The highest BCUT2D eigenvalue weighted by molar-refractivity contribution is 7.92. The third-order valence-electron chi connectivity index (χ3n) is 1.99. The Balaban J connectivity index is 2.55. The van der Waals surface area contributed by atoms with Crippen LogP contribution in [-0.4, -0.2) is 30.4 Å². The summed E-state index contributed by atoms with van der Waals surface area (Å²) >= 11 is 1.55. The molecule has 15 heavy (non-hydrogen) atoms. The third-order valence-corrected chi connectivity index (χ3v) is 6.05. The summed E-state index contributed by atoms with van der Waals surface area (Å²) in [5, 5.41) is 1.85. The van der Waals surface area contributed by atoms with E-state index in [2.05, 4.69) is 0 Å². The van der Waals surface area contributed by atoms with E-state index in [1.807, 2.05) is 24.4 Å². The minimum absolute atomic E-state index is 0.00464. The molecular formula is C9H14O3S3. The average Bonchev–Trinajstić information content (AvgIpc) is 2.64. The Hall–Kier alpha value is -0.200. The lowest BCUT2D eigenvalue weighted by Gasteiger charge is -2.08. The summed E-state index contributed by atoms with van der Waals surface area (Å²) in [5.41, 5.74) is 0. The van der Waals surface area contributed by atoms with E-state index >= 15 is 0 Å². The van der Waals surface area contributed by atoms with Crippen molar-refractivity contribution in [1.82, 2.24) is 0 Å². The van der Waals surface area contributed by atoms with Crippen molar-refractivity contribution in [3.8, 4) is 0 Å². The van der Waals surface area contributed by atoms with E-state index in [9.17, 15) is 12.6 Å². The van der Waals surface area contributed by atoms with Crippen molar-refractivity contribution >= 4 is 32.0 Å². The maximum absolute atomic E-state index is 11.7. The van der Waals surface area contributed by atoms with E-state index < -0.39 is 20.6 Å². The minimum atomic E-state index is -3.01. The molecule has 0 saturated carbocycles. The van der Waals surface area contributed by atoms with Gasteiger partial charge in [-0.2, -0.15) is 0 Å². The maximum atomic E-state index is 11.7. The van der Waals surface area contributed by atoms with Crippen LogP contribution in [0.15, 0.2) is 17.5 Å². The molecule has 1 aromatic rings. The highest BCUT2D eigenvalue weighted by atomic mass is 32.2. The van der Waals surface area contributed by atoms with Crippen LogP contribution >= 0.6 is 11.3 Å². The Kier molecular flexibility index (Phi) is 4.48. The van der Waals surface area contributed by atoms with Gasteiger partial charge in [0.05, 0.1) is 11.0 Å². The average molecular weight is 266 g/mol. The molecule has 0 aliphatic heterocycles. The van der Waals surface area contributed by atoms with Crippen molar-refractivity contribution in [2.24, 2.45) is 0 Å². The lowest BCUT2D eigenvalue weighted by molar-refractivity contribution is 0.602. The van der Waals surface area contributed by atoms with Crippen molar-refractivity contribution < 1.29 is 12.6 Å². The van der Waals surface area contributed by atoms with E-state index in [-0.39, 0.29) is 16.8 Å². The van der Waals surface area contributed by atoms with Gasteiger partial charge < -0.3 is 0 Å². The van der Waals surface area contributed by atoms with Gasteiger partial charge in [0.15, 0.2) is 0 Å². The largest absolute Gasteiger partial charge is 0.259 e. The first-order valence-electron chi connectivity index (χ1n) is 4.48. The Morgan fingerprint density at radius 2 is 2.20 bits per heavy atom. The smallest absolute Gasteiger partial charge is 0.148 e. The summed E-state index contributed by atoms with van der Waals surface area (Å²) in [6, 6.07) is 3.83. The SMILES string of the molecule is C[C@@H](c1cccs1)[S@@](=O)CCS(C)(=O)=O. The monoisotopic (exact) mass is 266 g/mol. The van der Waals surface area contributed by atoms with Crippen molar-refractivity contribution in [2.75, 3.05) is 17.8 Å². The molecule has 0 fully saturated rings. The maximum Gasteiger partial charge on any atom is 0.148 e. The highest BCUT2D eigenvalue weighted by Gasteiger charge is 2.16. The first-order valence-corrected chi connectivity index (χ1v) is 8.80. The Morgan fingerprint density at radius 1 is 1.53 bits per heavy atom. The van der Waals surface area contributed by atoms with Crippen molar-refractivity contribution in [3.63, 3.8) is 0 Å². The first-order chi connectivity index (χ1) is 6.90. The van der Waals surface area contributed by atoms with Crippen LogP contribution in [0.1, 0.15) is 17.1 Å². The fourth-order valence-electron chi connectivity index (χ4n) is 1.06. The topological polar surface area (TPSA) is 51.2 Å². The lowest BCUT2D eigenvalue weighted by Crippen LogP contribution is -2.14. The van der Waals surface area contributed by atoms with Crippen LogP contribution in [0.3, 0.4) is 0 Å². The minimum Gasteiger partial charge on any atom is -0.259 e. The molecule has 0 amide bonds. The van der Waals surface area contributed by atoms with Gasteiger partial charge in [0.2, 0.25) is 0 Å². The second-order valence-electron chi connectivity index (χ2n) is 3.37. The fourth-order valence-corrected chi connectivity index (χ4v) is 4.77. The molecule has 1 rings (SSSR count). The standard InChI is InChI=1S/C9H14O3S3/c1-8(9-4-3-5-13-9)14(10)6-7-15(2,11)12/h3-5,8H,6-7H2,1-2H3/t8-,14-/m0/s1. The van der Waals surface area contributed by atoms with E-state index in [1.54, 1.807) is 11.3 Å². The summed E-state index contributed by atoms with van der Waals surface area (Å²) in [4.78, 5) is 1.04. The molecule has 0 saturated heterocycles. The molecule has 86 valence electrons. The highest BCUT2D eigenvalue weighted by Crippen LogP contribution is 2.23. The van der Waals surface area contributed by atoms with E-state index in [4.69, 9.17) is 0 Å². The predicted molar refractivity (Wildman–Crippen MR) is 65.5 cm³/mol. The van der Waals surface area contributed by atoms with Gasteiger partial charge in [-0.25, -0.2) is 8.42 Å². The zero-order valence-corrected chi connectivity index (χ0v) is 11.1. The Morgan fingerprint density at radius 3 is 2.67 bits per heavy atom. The third kappa shape index (κ3) is 4.44. The van der Waals surface area contributed by atoms with Gasteiger partial charge in [-0.05, 0) is 18.4 Å².